The van der Waals surface area contributed by atoms with Crippen molar-refractivity contribution < 1.29 is 41.3 Å². The van der Waals surface area contributed by atoms with Crippen molar-refractivity contribution in [3.05, 3.63) is 30.2 Å². The molecule has 15 heteroatoms. The summed E-state index contributed by atoms with van der Waals surface area (Å²) in [7, 11) is 0. The largest absolute Gasteiger partial charge is 0.481 e. The van der Waals surface area contributed by atoms with Gasteiger partial charge in [0.25, 0.3) is 0 Å². The van der Waals surface area contributed by atoms with E-state index in [0.29, 0.717) is 11.1 Å². The summed E-state index contributed by atoms with van der Waals surface area (Å²) in [6.45, 7) is 2.76. The van der Waals surface area contributed by atoms with Crippen LogP contribution in [-0.2, 0) is 4.79 Å². The van der Waals surface area contributed by atoms with Crippen molar-refractivity contribution in [3.63, 3.8) is 0 Å². The van der Waals surface area contributed by atoms with Crippen LogP contribution < -0.4 is 9.47 Å². The Hall–Kier alpha value is -3.91. The predicted molar refractivity (Wildman–Crippen MR) is 109 cm³/mol. The van der Waals surface area contributed by atoms with E-state index in [4.69, 9.17) is 9.84 Å². The molecule has 10 nitrogen and oxygen atoms in total. The van der Waals surface area contributed by atoms with Crippen molar-refractivity contribution in [1.82, 2.24) is 30.1 Å². The molecule has 3 rings (SSSR count). The van der Waals surface area contributed by atoms with E-state index in [-0.39, 0.29) is 24.1 Å². The molecule has 0 atom stereocenters. The molecule has 0 aliphatic heterocycles. The molecule has 0 saturated heterocycles. The molecule has 0 fully saturated rings. The number of alkyl halides is 5. The summed E-state index contributed by atoms with van der Waals surface area (Å²) in [5.41, 5.74) is 0.845. The third kappa shape index (κ3) is 5.96. The topological polar surface area (TPSA) is 136 Å². The quantitative estimate of drug-likeness (QED) is 0.420. The molecule has 0 spiro atoms. The third-order valence-corrected chi connectivity index (χ3v) is 4.68. The first-order chi connectivity index (χ1) is 16.2. The van der Waals surface area contributed by atoms with E-state index in [9.17, 15) is 26.7 Å². The molecule has 0 aliphatic carbocycles. The van der Waals surface area contributed by atoms with Gasteiger partial charge in [-0.3, -0.25) is 9.89 Å². The number of nitrogens with zero attached hydrogens (tertiary/aromatic N) is 5. The van der Waals surface area contributed by atoms with E-state index >= 15 is 0 Å². The van der Waals surface area contributed by atoms with Crippen LogP contribution in [0.5, 0.6) is 11.9 Å². The zero-order chi connectivity index (χ0) is 26.0. The van der Waals surface area contributed by atoms with Gasteiger partial charge in [-0.15, -0.1) is 5.10 Å². The Kier molecular flexibility index (Phi) is 6.89. The number of nitrogens with one attached hydrogen (secondary N) is 1. The lowest BCUT2D eigenvalue weighted by atomic mass is 9.95. The van der Waals surface area contributed by atoms with Crippen LogP contribution in [0.2, 0.25) is 0 Å². The second-order valence-corrected chi connectivity index (χ2v) is 8.07. The van der Waals surface area contributed by atoms with Crippen molar-refractivity contribution in [2.24, 2.45) is 5.41 Å². The predicted octanol–water partition coefficient (Wildman–Crippen LogP) is 3.70. The number of ether oxygens (including phenoxy) is 2. The maximum atomic E-state index is 13.0. The highest BCUT2D eigenvalue weighted by molar-refractivity contribution is 5.73. The average molecular weight is 502 g/mol. The first-order valence-electron chi connectivity index (χ1n) is 9.85. The van der Waals surface area contributed by atoms with Gasteiger partial charge >= 0.3 is 24.1 Å². The summed E-state index contributed by atoms with van der Waals surface area (Å²) in [5.74, 6) is -5.96. The lowest BCUT2D eigenvalue weighted by Crippen LogP contribution is -2.41. The number of hydrogen-bond donors (Lipinski definition) is 2. The van der Waals surface area contributed by atoms with Gasteiger partial charge in [0.05, 0.1) is 5.41 Å². The van der Waals surface area contributed by atoms with Gasteiger partial charge in [-0.25, -0.2) is 15.0 Å². The highest BCUT2D eigenvalue weighted by atomic mass is 19.4. The number of pyridine rings is 1. The summed E-state index contributed by atoms with van der Waals surface area (Å²) in [6.07, 6.45) is -1.43. The van der Waals surface area contributed by atoms with Gasteiger partial charge in [0, 0.05) is 35.8 Å². The van der Waals surface area contributed by atoms with Crippen molar-refractivity contribution >= 4 is 5.97 Å². The van der Waals surface area contributed by atoms with Crippen LogP contribution in [0.1, 0.15) is 19.4 Å². The number of aliphatic carboxylic acids is 1. The van der Waals surface area contributed by atoms with Gasteiger partial charge < -0.3 is 14.6 Å². The Bertz CT molecular complexity index is 1200. The molecule has 0 radical (unpaired) electrons. The first kappa shape index (κ1) is 25.7. The number of hydrogen-bond acceptors (Lipinski definition) is 8. The highest BCUT2D eigenvalue weighted by Crippen LogP contribution is 2.35. The molecular formula is C20H19F5N6O4. The zero-order valence-electron chi connectivity index (χ0n) is 18.5. The number of rotatable bonds is 9. The number of aryl methyl sites for hydroxylation is 1. The zero-order valence-corrected chi connectivity index (χ0v) is 18.5. The molecule has 2 N–H and O–H groups in total. The minimum Gasteiger partial charge on any atom is -0.481 e. The van der Waals surface area contributed by atoms with Gasteiger partial charge in [-0.2, -0.15) is 26.9 Å². The summed E-state index contributed by atoms with van der Waals surface area (Å²) in [6, 6.07) is 0.899. The Morgan fingerprint density at radius 2 is 1.69 bits per heavy atom. The van der Waals surface area contributed by atoms with Crippen molar-refractivity contribution in [1.29, 1.82) is 0 Å². The maximum absolute atomic E-state index is 13.0. The Morgan fingerprint density at radius 3 is 2.26 bits per heavy atom. The number of aromatic amines is 1. The van der Waals surface area contributed by atoms with Crippen molar-refractivity contribution in [2.75, 3.05) is 13.2 Å². The van der Waals surface area contributed by atoms with E-state index in [0.717, 1.165) is 5.56 Å². The maximum Gasteiger partial charge on any atom is 0.456 e. The van der Waals surface area contributed by atoms with Crippen LogP contribution in [0.4, 0.5) is 22.0 Å². The van der Waals surface area contributed by atoms with Crippen LogP contribution in [0.25, 0.3) is 22.8 Å². The molecule has 3 aromatic heterocycles. The fraction of sp³-hybridized carbons (Fsp3) is 0.400. The van der Waals surface area contributed by atoms with Gasteiger partial charge in [-0.05, 0) is 26.3 Å². The standard InChI is InChI=1S/C20H19F5N6O4/c1-10-4-13(34-8-18(2,3)16(32)33)26-7-12(10)11-5-27-14(28-6-11)15-29-17(31-30-15)35-9-19(21,22)20(23,24)25/h4-7H,8-9H2,1-3H3,(H,32,33)(H,29,30,31). The lowest BCUT2D eigenvalue weighted by molar-refractivity contribution is -0.290. The van der Waals surface area contributed by atoms with Crippen molar-refractivity contribution in [3.8, 4) is 34.7 Å². The highest BCUT2D eigenvalue weighted by Gasteiger charge is 2.58. The van der Waals surface area contributed by atoms with Crippen LogP contribution in [0, 0.1) is 12.3 Å². The molecular weight excluding hydrogens is 483 g/mol. The number of H-pyrrole nitrogens is 1. The molecule has 0 bridgehead atoms. The SMILES string of the molecule is Cc1cc(OCC(C)(C)C(=O)O)ncc1-c1cnc(-c2nc(OCC(F)(F)C(F)(F)F)n[nH]2)nc1. The van der Waals surface area contributed by atoms with Crippen molar-refractivity contribution in [2.45, 2.75) is 32.9 Å². The Morgan fingerprint density at radius 1 is 1.03 bits per heavy atom. The Labute approximate surface area is 194 Å². The normalized spacial score (nSPS) is 12.5. The molecule has 0 aliphatic rings. The minimum atomic E-state index is -5.77. The van der Waals surface area contributed by atoms with Crippen LogP contribution in [0.3, 0.4) is 0 Å². The Balaban J connectivity index is 1.68. The molecule has 0 aromatic carbocycles. The van der Waals surface area contributed by atoms with Crippen LogP contribution in [0.15, 0.2) is 24.7 Å². The summed E-state index contributed by atoms with van der Waals surface area (Å²) in [5, 5.41) is 14.9. The van der Waals surface area contributed by atoms with Crippen LogP contribution >= 0.6 is 0 Å². The number of halogens is 5. The number of carboxylic acids is 1. The second kappa shape index (κ2) is 9.38. The van der Waals surface area contributed by atoms with E-state index in [1.54, 1.807) is 13.0 Å². The first-order valence-corrected chi connectivity index (χ1v) is 9.85. The van der Waals surface area contributed by atoms with E-state index < -0.39 is 36.1 Å². The molecule has 3 heterocycles. The van der Waals surface area contributed by atoms with Gasteiger partial charge in [0.2, 0.25) is 5.88 Å². The summed E-state index contributed by atoms with van der Waals surface area (Å²) >= 11 is 0. The van der Waals surface area contributed by atoms with E-state index in [2.05, 4.69) is 34.9 Å². The van der Waals surface area contributed by atoms with E-state index in [1.807, 2.05) is 0 Å². The summed E-state index contributed by atoms with van der Waals surface area (Å²) < 4.78 is 72.4. The lowest BCUT2D eigenvalue weighted by Gasteiger charge is -2.19. The molecule has 35 heavy (non-hydrogen) atoms. The molecule has 0 amide bonds. The molecule has 0 unspecified atom stereocenters. The minimum absolute atomic E-state index is 0.0138. The van der Waals surface area contributed by atoms with Gasteiger partial charge in [0.1, 0.15) is 6.61 Å². The molecule has 3 aromatic rings. The monoisotopic (exact) mass is 502 g/mol. The summed E-state index contributed by atoms with van der Waals surface area (Å²) in [4.78, 5) is 27.2. The number of carbonyl (C=O) groups is 1. The molecule has 188 valence electrons. The number of carboxylic acid groups (broad SMARTS) is 1. The smallest absolute Gasteiger partial charge is 0.456 e. The molecule has 0 saturated carbocycles. The average Bonchev–Trinajstić information content (AvgIpc) is 3.25. The van der Waals surface area contributed by atoms with Gasteiger partial charge in [0.15, 0.2) is 18.3 Å². The third-order valence-electron chi connectivity index (χ3n) is 4.68. The fourth-order valence-electron chi connectivity index (χ4n) is 2.46. The fourth-order valence-corrected chi connectivity index (χ4v) is 2.46. The second-order valence-electron chi connectivity index (χ2n) is 8.07. The number of aromatic nitrogens is 6. The van der Waals surface area contributed by atoms with Gasteiger partial charge in [-0.1, -0.05) is 0 Å². The van der Waals surface area contributed by atoms with Crippen LogP contribution in [-0.4, -0.2) is 66.5 Å². The van der Waals surface area contributed by atoms with E-state index in [1.165, 1.54) is 32.4 Å².